The summed E-state index contributed by atoms with van der Waals surface area (Å²) in [5.41, 5.74) is 0. The third kappa shape index (κ3) is 42.3. The Bertz CT molecular complexity index is 1040. The standard InChI is InChI=1S/C50H86O6/c1-4-7-10-13-16-19-21-23-24-25-26-27-29-31-34-37-40-43-49(52)55-46-47(45-54-48(51)42-39-36-33-30-18-15-12-9-6-3)56-50(53)44-41-38-35-32-28-22-20-17-14-11-8-5-2/h8,11,17,20,23-24,26-27,31,34,47H,4-7,9-10,12-16,18-19,21-22,25,28-30,32-33,35-46H2,1-3H3/b11-8-,20-17-,24-23-,27-26-,34-31-. The molecule has 0 saturated carbocycles. The molecular formula is C50H86O6. The average molecular weight is 783 g/mol. The average Bonchev–Trinajstić information content (AvgIpc) is 3.19. The summed E-state index contributed by atoms with van der Waals surface area (Å²) in [6.07, 6.45) is 53.6. The Hall–Kier alpha value is -2.89. The monoisotopic (exact) mass is 783 g/mol. The highest BCUT2D eigenvalue weighted by atomic mass is 16.6. The Balaban J connectivity index is 4.43. The summed E-state index contributed by atoms with van der Waals surface area (Å²) < 4.78 is 16.6. The van der Waals surface area contributed by atoms with Crippen molar-refractivity contribution in [3.8, 4) is 0 Å². The molecule has 0 N–H and O–H groups in total. The van der Waals surface area contributed by atoms with Crippen LogP contribution in [0.25, 0.3) is 0 Å². The summed E-state index contributed by atoms with van der Waals surface area (Å²) in [5, 5.41) is 0. The number of esters is 3. The molecule has 0 fully saturated rings. The summed E-state index contributed by atoms with van der Waals surface area (Å²) in [4.78, 5) is 37.7. The molecule has 0 radical (unpaired) electrons. The summed E-state index contributed by atoms with van der Waals surface area (Å²) in [7, 11) is 0. The zero-order valence-electron chi connectivity index (χ0n) is 36.6. The fraction of sp³-hybridized carbons (Fsp3) is 0.740. The van der Waals surface area contributed by atoms with Crippen LogP contribution in [0.15, 0.2) is 60.8 Å². The number of unbranched alkanes of at least 4 members (excludes halogenated alkanes) is 20. The van der Waals surface area contributed by atoms with Crippen molar-refractivity contribution in [2.45, 2.75) is 226 Å². The molecule has 0 aliphatic heterocycles. The molecule has 56 heavy (non-hydrogen) atoms. The molecule has 0 aromatic carbocycles. The van der Waals surface area contributed by atoms with Gasteiger partial charge in [-0.3, -0.25) is 14.4 Å². The van der Waals surface area contributed by atoms with E-state index in [1.807, 2.05) is 0 Å². The van der Waals surface area contributed by atoms with Crippen molar-refractivity contribution < 1.29 is 28.6 Å². The lowest BCUT2D eigenvalue weighted by Gasteiger charge is -2.18. The quantitative estimate of drug-likeness (QED) is 0.0266. The predicted octanol–water partition coefficient (Wildman–Crippen LogP) is 14.9. The van der Waals surface area contributed by atoms with Crippen molar-refractivity contribution in [3.05, 3.63) is 60.8 Å². The maximum absolute atomic E-state index is 12.7. The van der Waals surface area contributed by atoms with E-state index in [1.54, 1.807) is 0 Å². The van der Waals surface area contributed by atoms with Crippen molar-refractivity contribution in [2.75, 3.05) is 13.2 Å². The maximum atomic E-state index is 12.7. The molecule has 0 saturated heterocycles. The van der Waals surface area contributed by atoms with Crippen molar-refractivity contribution in [1.82, 2.24) is 0 Å². The van der Waals surface area contributed by atoms with Crippen LogP contribution in [0.3, 0.4) is 0 Å². The van der Waals surface area contributed by atoms with Gasteiger partial charge >= 0.3 is 17.9 Å². The highest BCUT2D eigenvalue weighted by molar-refractivity contribution is 5.71. The minimum Gasteiger partial charge on any atom is -0.462 e. The summed E-state index contributed by atoms with van der Waals surface area (Å²) in [5.74, 6) is -0.970. The van der Waals surface area contributed by atoms with Crippen LogP contribution in [0, 0.1) is 0 Å². The molecule has 0 aromatic rings. The van der Waals surface area contributed by atoms with Crippen molar-refractivity contribution in [1.29, 1.82) is 0 Å². The topological polar surface area (TPSA) is 78.9 Å². The lowest BCUT2D eigenvalue weighted by Crippen LogP contribution is -2.30. The maximum Gasteiger partial charge on any atom is 0.306 e. The van der Waals surface area contributed by atoms with Gasteiger partial charge in [0.15, 0.2) is 6.10 Å². The van der Waals surface area contributed by atoms with Crippen LogP contribution in [-0.2, 0) is 28.6 Å². The number of rotatable bonds is 41. The van der Waals surface area contributed by atoms with E-state index >= 15 is 0 Å². The zero-order chi connectivity index (χ0) is 40.8. The molecule has 0 rings (SSSR count). The zero-order valence-corrected chi connectivity index (χ0v) is 36.6. The second kappa shape index (κ2) is 44.8. The van der Waals surface area contributed by atoms with Crippen molar-refractivity contribution in [3.63, 3.8) is 0 Å². The molecule has 6 nitrogen and oxygen atoms in total. The molecule has 0 aliphatic rings. The van der Waals surface area contributed by atoms with Gasteiger partial charge in [0.1, 0.15) is 13.2 Å². The highest BCUT2D eigenvalue weighted by Crippen LogP contribution is 2.13. The van der Waals surface area contributed by atoms with Gasteiger partial charge in [0.25, 0.3) is 0 Å². The van der Waals surface area contributed by atoms with Gasteiger partial charge < -0.3 is 14.2 Å². The molecule has 6 heteroatoms. The Labute approximate surface area is 345 Å². The Kier molecular flexibility index (Phi) is 42.5. The van der Waals surface area contributed by atoms with E-state index in [4.69, 9.17) is 14.2 Å². The molecule has 1 unspecified atom stereocenters. The minimum atomic E-state index is -0.797. The molecule has 0 amide bonds. The summed E-state index contributed by atoms with van der Waals surface area (Å²) in [6, 6.07) is 0. The molecule has 1 atom stereocenters. The molecule has 0 bridgehead atoms. The van der Waals surface area contributed by atoms with Crippen LogP contribution in [0.5, 0.6) is 0 Å². The third-order valence-electron chi connectivity index (χ3n) is 9.76. The summed E-state index contributed by atoms with van der Waals surface area (Å²) in [6.45, 7) is 6.43. The number of ether oxygens (including phenoxy) is 3. The Morgan fingerprint density at radius 1 is 0.375 bits per heavy atom. The van der Waals surface area contributed by atoms with E-state index < -0.39 is 6.10 Å². The van der Waals surface area contributed by atoms with Gasteiger partial charge in [-0.05, 0) is 77.0 Å². The SMILES string of the molecule is CC/C=C\C/C=C\CCCCCCCC(=O)OC(COC(=O)CCC/C=C\C/C=C\C/C=C\CCCCCCCC)COC(=O)CCCCCCCCCCC. The Morgan fingerprint density at radius 2 is 0.714 bits per heavy atom. The smallest absolute Gasteiger partial charge is 0.306 e. The van der Waals surface area contributed by atoms with Crippen LogP contribution in [0.1, 0.15) is 220 Å². The van der Waals surface area contributed by atoms with E-state index in [9.17, 15) is 14.4 Å². The number of hydrogen-bond donors (Lipinski definition) is 0. The highest BCUT2D eigenvalue weighted by Gasteiger charge is 2.19. The molecule has 0 spiro atoms. The first-order chi connectivity index (χ1) is 27.5. The lowest BCUT2D eigenvalue weighted by molar-refractivity contribution is -0.167. The first-order valence-electron chi connectivity index (χ1n) is 23.3. The fourth-order valence-electron chi connectivity index (χ4n) is 6.26. The number of carbonyl (C=O) groups is 3. The van der Waals surface area contributed by atoms with E-state index in [-0.39, 0.29) is 37.5 Å². The molecular weight excluding hydrogens is 697 g/mol. The van der Waals surface area contributed by atoms with E-state index in [0.717, 1.165) is 89.9 Å². The van der Waals surface area contributed by atoms with Gasteiger partial charge in [-0.1, -0.05) is 184 Å². The fourth-order valence-corrected chi connectivity index (χ4v) is 6.26. The van der Waals surface area contributed by atoms with E-state index in [0.29, 0.717) is 19.3 Å². The predicted molar refractivity (Wildman–Crippen MR) is 238 cm³/mol. The third-order valence-corrected chi connectivity index (χ3v) is 9.76. The van der Waals surface area contributed by atoms with Gasteiger partial charge in [0.2, 0.25) is 0 Å². The largest absolute Gasteiger partial charge is 0.462 e. The van der Waals surface area contributed by atoms with Gasteiger partial charge in [0, 0.05) is 19.3 Å². The lowest BCUT2D eigenvalue weighted by atomic mass is 10.1. The van der Waals surface area contributed by atoms with Crippen LogP contribution in [0.4, 0.5) is 0 Å². The summed E-state index contributed by atoms with van der Waals surface area (Å²) >= 11 is 0. The molecule has 0 heterocycles. The van der Waals surface area contributed by atoms with E-state index in [1.165, 1.54) is 83.5 Å². The number of carbonyl (C=O) groups excluding carboxylic acids is 3. The Morgan fingerprint density at radius 3 is 1.16 bits per heavy atom. The molecule has 0 aliphatic carbocycles. The second-order valence-corrected chi connectivity index (χ2v) is 15.3. The van der Waals surface area contributed by atoms with Crippen LogP contribution in [-0.4, -0.2) is 37.2 Å². The van der Waals surface area contributed by atoms with Gasteiger partial charge in [-0.15, -0.1) is 0 Å². The normalized spacial score (nSPS) is 12.6. The van der Waals surface area contributed by atoms with Gasteiger partial charge in [-0.2, -0.15) is 0 Å². The molecule has 0 aromatic heterocycles. The second-order valence-electron chi connectivity index (χ2n) is 15.3. The first-order valence-corrected chi connectivity index (χ1v) is 23.3. The minimum absolute atomic E-state index is 0.0950. The molecule has 322 valence electrons. The number of allylic oxidation sites excluding steroid dienone is 10. The first kappa shape index (κ1) is 53.1. The van der Waals surface area contributed by atoms with Crippen LogP contribution >= 0.6 is 0 Å². The van der Waals surface area contributed by atoms with Gasteiger partial charge in [-0.25, -0.2) is 0 Å². The van der Waals surface area contributed by atoms with Crippen LogP contribution in [0.2, 0.25) is 0 Å². The van der Waals surface area contributed by atoms with E-state index in [2.05, 4.69) is 81.5 Å². The van der Waals surface area contributed by atoms with Crippen molar-refractivity contribution >= 4 is 17.9 Å². The van der Waals surface area contributed by atoms with Crippen molar-refractivity contribution in [2.24, 2.45) is 0 Å². The van der Waals surface area contributed by atoms with Gasteiger partial charge in [0.05, 0.1) is 0 Å². The number of hydrogen-bond acceptors (Lipinski definition) is 6. The van der Waals surface area contributed by atoms with Crippen LogP contribution < -0.4 is 0 Å².